The number of benzene rings is 1. The third-order valence-corrected chi connectivity index (χ3v) is 4.41. The molecule has 0 spiro atoms. The minimum atomic E-state index is -1.31. The Morgan fingerprint density at radius 1 is 0.793 bits per heavy atom. The molecule has 0 aliphatic heterocycles. The average Bonchev–Trinajstić information content (AvgIpc) is 2.66. The molecule has 0 heterocycles. The summed E-state index contributed by atoms with van der Waals surface area (Å²) in [5, 5.41) is 0. The first-order valence-electron chi connectivity index (χ1n) is 9.85. The van der Waals surface area contributed by atoms with Gasteiger partial charge in [-0.3, -0.25) is 19.2 Å². The lowest BCUT2D eigenvalue weighted by molar-refractivity contribution is -0.157. The monoisotopic (exact) mass is 406 g/mol. The molecule has 0 bridgehead atoms. The van der Waals surface area contributed by atoms with E-state index in [-0.39, 0.29) is 13.2 Å². The van der Waals surface area contributed by atoms with Gasteiger partial charge in [-0.05, 0) is 51.8 Å². The molecule has 1 rings (SSSR count). The molecule has 0 aliphatic carbocycles. The SMILES string of the molecule is CCCOc1ccc(C([C@H](C(C)=O)C(=O)OCC)[C@@H](C(C)=O)C(=O)OCC)cc1. The molecule has 0 saturated heterocycles. The first-order chi connectivity index (χ1) is 13.8. The zero-order valence-corrected chi connectivity index (χ0v) is 17.7. The van der Waals surface area contributed by atoms with Gasteiger partial charge < -0.3 is 14.2 Å². The summed E-state index contributed by atoms with van der Waals surface area (Å²) in [5.41, 5.74) is 0.482. The number of hydrogen-bond donors (Lipinski definition) is 0. The molecule has 7 nitrogen and oxygen atoms in total. The molecule has 1 unspecified atom stereocenters. The van der Waals surface area contributed by atoms with E-state index in [9.17, 15) is 19.2 Å². The Hall–Kier alpha value is -2.70. The lowest BCUT2D eigenvalue weighted by Crippen LogP contribution is -2.40. The Labute approximate surface area is 171 Å². The third-order valence-electron chi connectivity index (χ3n) is 4.41. The highest BCUT2D eigenvalue weighted by Crippen LogP contribution is 2.36. The average molecular weight is 406 g/mol. The largest absolute Gasteiger partial charge is 0.494 e. The van der Waals surface area contributed by atoms with Gasteiger partial charge in [-0.25, -0.2) is 0 Å². The van der Waals surface area contributed by atoms with Crippen molar-refractivity contribution >= 4 is 23.5 Å². The summed E-state index contributed by atoms with van der Waals surface area (Å²) in [6, 6.07) is 6.67. The summed E-state index contributed by atoms with van der Waals surface area (Å²) in [4.78, 5) is 50.0. The molecule has 29 heavy (non-hydrogen) atoms. The highest BCUT2D eigenvalue weighted by molar-refractivity contribution is 6.04. The van der Waals surface area contributed by atoms with Crippen molar-refractivity contribution < 1.29 is 33.4 Å². The molecule has 0 radical (unpaired) electrons. The van der Waals surface area contributed by atoms with Crippen molar-refractivity contribution in [1.29, 1.82) is 0 Å². The van der Waals surface area contributed by atoms with E-state index in [1.807, 2.05) is 6.92 Å². The molecule has 160 valence electrons. The van der Waals surface area contributed by atoms with Crippen molar-refractivity contribution in [2.24, 2.45) is 11.8 Å². The Morgan fingerprint density at radius 2 is 1.24 bits per heavy atom. The van der Waals surface area contributed by atoms with Crippen LogP contribution >= 0.6 is 0 Å². The molecule has 0 N–H and O–H groups in total. The second-order valence-corrected chi connectivity index (χ2v) is 6.62. The summed E-state index contributed by atoms with van der Waals surface area (Å²) in [7, 11) is 0. The molecule has 0 saturated carbocycles. The van der Waals surface area contributed by atoms with Crippen LogP contribution < -0.4 is 4.74 Å². The number of rotatable bonds is 12. The zero-order valence-electron chi connectivity index (χ0n) is 17.7. The minimum absolute atomic E-state index is 0.0727. The standard InChI is InChI=1S/C22H30O7/c1-6-13-29-17-11-9-16(10-12-17)20(18(14(4)23)21(25)27-7-2)19(15(5)24)22(26)28-8-3/h9-12,18-20H,6-8,13H2,1-5H3/t18-,19+,20?. The molecule has 0 aliphatic rings. The van der Waals surface area contributed by atoms with Gasteiger partial charge in [0, 0.05) is 5.92 Å². The van der Waals surface area contributed by atoms with Gasteiger partial charge in [0.05, 0.1) is 19.8 Å². The van der Waals surface area contributed by atoms with Crippen molar-refractivity contribution in [1.82, 2.24) is 0 Å². The molecular formula is C22H30O7. The minimum Gasteiger partial charge on any atom is -0.494 e. The molecule has 3 atom stereocenters. The summed E-state index contributed by atoms with van der Waals surface area (Å²) in [6.07, 6.45) is 0.842. The van der Waals surface area contributed by atoms with Gasteiger partial charge in [-0.15, -0.1) is 0 Å². The lowest BCUT2D eigenvalue weighted by atomic mass is 9.73. The van der Waals surface area contributed by atoms with Crippen LogP contribution in [0.1, 0.15) is 52.5 Å². The van der Waals surface area contributed by atoms with Gasteiger partial charge in [0.1, 0.15) is 29.2 Å². The van der Waals surface area contributed by atoms with E-state index in [1.165, 1.54) is 13.8 Å². The molecule has 0 fully saturated rings. The third kappa shape index (κ3) is 6.69. The number of ketones is 2. The maximum atomic E-state index is 12.6. The topological polar surface area (TPSA) is 96.0 Å². The number of carbonyl (C=O) groups excluding carboxylic acids is 4. The number of Topliss-reactive ketones (excluding diaryl/α,β-unsaturated/α-hetero) is 2. The summed E-state index contributed by atoms with van der Waals surface area (Å²) >= 11 is 0. The predicted molar refractivity (Wildman–Crippen MR) is 107 cm³/mol. The Kier molecular flexibility index (Phi) is 10.1. The molecule has 1 aromatic rings. The van der Waals surface area contributed by atoms with Crippen LogP contribution in [0.2, 0.25) is 0 Å². The van der Waals surface area contributed by atoms with Gasteiger partial charge in [-0.1, -0.05) is 19.1 Å². The van der Waals surface area contributed by atoms with E-state index in [0.717, 1.165) is 6.42 Å². The zero-order chi connectivity index (χ0) is 22.0. The van der Waals surface area contributed by atoms with Crippen LogP contribution in [0.3, 0.4) is 0 Å². The fraction of sp³-hybridized carbons (Fsp3) is 0.545. The maximum Gasteiger partial charge on any atom is 0.317 e. The van der Waals surface area contributed by atoms with E-state index in [2.05, 4.69) is 0 Å². The van der Waals surface area contributed by atoms with Crippen molar-refractivity contribution in [3.63, 3.8) is 0 Å². The lowest BCUT2D eigenvalue weighted by Gasteiger charge is -2.29. The molecule has 1 aromatic carbocycles. The fourth-order valence-electron chi connectivity index (χ4n) is 3.18. The van der Waals surface area contributed by atoms with Crippen LogP contribution in [0, 0.1) is 11.8 Å². The number of esters is 2. The van der Waals surface area contributed by atoms with Crippen molar-refractivity contribution in [3.8, 4) is 5.75 Å². The van der Waals surface area contributed by atoms with E-state index in [0.29, 0.717) is 17.9 Å². The van der Waals surface area contributed by atoms with Crippen LogP contribution in [-0.4, -0.2) is 43.3 Å². The first kappa shape index (κ1) is 24.3. The molecule has 7 heteroatoms. The second kappa shape index (κ2) is 12.0. The van der Waals surface area contributed by atoms with E-state index >= 15 is 0 Å². The van der Waals surface area contributed by atoms with Crippen molar-refractivity contribution in [3.05, 3.63) is 29.8 Å². The van der Waals surface area contributed by atoms with Gasteiger partial charge in [-0.2, -0.15) is 0 Å². The number of hydrogen-bond acceptors (Lipinski definition) is 7. The molecule has 0 aromatic heterocycles. The van der Waals surface area contributed by atoms with Gasteiger partial charge in [0.15, 0.2) is 0 Å². The van der Waals surface area contributed by atoms with E-state index in [4.69, 9.17) is 14.2 Å². The van der Waals surface area contributed by atoms with Crippen LogP contribution in [0.25, 0.3) is 0 Å². The van der Waals surface area contributed by atoms with Crippen molar-refractivity contribution in [2.75, 3.05) is 19.8 Å². The van der Waals surface area contributed by atoms with Crippen LogP contribution in [-0.2, 0) is 28.7 Å². The van der Waals surface area contributed by atoms with Gasteiger partial charge in [0.2, 0.25) is 0 Å². The smallest absolute Gasteiger partial charge is 0.317 e. The Balaban J connectivity index is 3.49. The highest BCUT2D eigenvalue weighted by atomic mass is 16.5. The fourth-order valence-corrected chi connectivity index (χ4v) is 3.18. The summed E-state index contributed by atoms with van der Waals surface area (Å²) < 4.78 is 15.7. The van der Waals surface area contributed by atoms with Gasteiger partial charge in [0.25, 0.3) is 0 Å². The molecule has 0 amide bonds. The molecular weight excluding hydrogens is 376 g/mol. The number of ether oxygens (including phenoxy) is 3. The van der Waals surface area contributed by atoms with E-state index in [1.54, 1.807) is 38.1 Å². The summed E-state index contributed by atoms with van der Waals surface area (Å²) in [5.74, 6) is -5.57. The second-order valence-electron chi connectivity index (χ2n) is 6.62. The predicted octanol–water partition coefficient (Wildman–Crippen LogP) is 3.10. The van der Waals surface area contributed by atoms with E-state index < -0.39 is 41.3 Å². The van der Waals surface area contributed by atoms with Crippen LogP contribution in [0.15, 0.2) is 24.3 Å². The van der Waals surface area contributed by atoms with Crippen molar-refractivity contribution in [2.45, 2.75) is 47.0 Å². The highest BCUT2D eigenvalue weighted by Gasteiger charge is 2.45. The number of carbonyl (C=O) groups is 4. The first-order valence-corrected chi connectivity index (χ1v) is 9.85. The normalized spacial score (nSPS) is 13.7. The van der Waals surface area contributed by atoms with Crippen LogP contribution in [0.5, 0.6) is 5.75 Å². The van der Waals surface area contributed by atoms with Crippen LogP contribution in [0.4, 0.5) is 0 Å². The Bertz CT molecular complexity index is 672. The van der Waals surface area contributed by atoms with Gasteiger partial charge >= 0.3 is 11.9 Å². The maximum absolute atomic E-state index is 12.6. The Morgan fingerprint density at radius 3 is 1.59 bits per heavy atom. The summed E-state index contributed by atoms with van der Waals surface area (Å²) in [6.45, 7) is 8.41. The quantitative estimate of drug-likeness (QED) is 0.389.